The number of hydrogen-bond donors (Lipinski definition) is 2. The zero-order chi connectivity index (χ0) is 20.3. The number of aromatic nitrogens is 2. The van der Waals surface area contributed by atoms with Crippen molar-refractivity contribution in [3.8, 4) is 5.75 Å². The molecule has 0 radical (unpaired) electrons. The monoisotopic (exact) mass is 399 g/mol. The summed E-state index contributed by atoms with van der Waals surface area (Å²) in [6, 6.07) is 8.00. The number of rotatable bonds is 12. The van der Waals surface area contributed by atoms with Crippen LogP contribution in [0.2, 0.25) is 0 Å². The van der Waals surface area contributed by atoms with E-state index in [9.17, 15) is 0 Å². The quantitative estimate of drug-likeness (QED) is 0.527. The van der Waals surface area contributed by atoms with Gasteiger partial charge in [0.25, 0.3) is 0 Å². The molecule has 7 nitrogen and oxygen atoms in total. The van der Waals surface area contributed by atoms with Gasteiger partial charge in [-0.25, -0.2) is 4.98 Å². The van der Waals surface area contributed by atoms with Crippen molar-refractivity contribution in [2.45, 2.75) is 32.1 Å². The van der Waals surface area contributed by atoms with Crippen LogP contribution in [0.25, 0.3) is 0 Å². The van der Waals surface area contributed by atoms with Gasteiger partial charge in [-0.3, -0.25) is 0 Å². The molecule has 1 aromatic heterocycles. The number of likely N-dealkylation sites (tertiary alicyclic amines) is 1. The summed E-state index contributed by atoms with van der Waals surface area (Å²) < 4.78 is 10.6. The van der Waals surface area contributed by atoms with Gasteiger partial charge in [-0.05, 0) is 81.6 Å². The van der Waals surface area contributed by atoms with Crippen molar-refractivity contribution in [2.24, 2.45) is 0 Å². The van der Waals surface area contributed by atoms with Crippen LogP contribution in [0.3, 0.4) is 0 Å². The number of aryl methyl sites for hydroxylation is 1. The lowest BCUT2D eigenvalue weighted by Gasteiger charge is -2.15. The Hall–Kier alpha value is -2.38. The van der Waals surface area contributed by atoms with Gasteiger partial charge in [0.2, 0.25) is 5.95 Å². The fourth-order valence-corrected chi connectivity index (χ4v) is 3.64. The van der Waals surface area contributed by atoms with E-state index in [2.05, 4.69) is 31.6 Å². The van der Waals surface area contributed by atoms with E-state index in [4.69, 9.17) is 9.47 Å². The van der Waals surface area contributed by atoms with E-state index in [0.29, 0.717) is 19.1 Å². The van der Waals surface area contributed by atoms with Crippen LogP contribution in [0.1, 0.15) is 31.2 Å². The molecule has 7 heteroatoms. The SMILES string of the molecule is COCCNc1ccnc(Nc2ccc(OC)c(CCCCN3CCCC3)c2)n1. The van der Waals surface area contributed by atoms with Crippen LogP contribution in [0, 0.1) is 0 Å². The van der Waals surface area contributed by atoms with Gasteiger partial charge in [-0.1, -0.05) is 0 Å². The van der Waals surface area contributed by atoms with Gasteiger partial charge in [0.15, 0.2) is 0 Å². The van der Waals surface area contributed by atoms with Crippen molar-refractivity contribution in [3.05, 3.63) is 36.0 Å². The first-order valence-electron chi connectivity index (χ1n) is 10.5. The molecule has 0 atom stereocenters. The molecule has 158 valence electrons. The third kappa shape index (κ3) is 6.87. The Kier molecular flexibility index (Phi) is 8.52. The van der Waals surface area contributed by atoms with Gasteiger partial charge < -0.3 is 25.0 Å². The third-order valence-corrected chi connectivity index (χ3v) is 5.17. The predicted octanol–water partition coefficient (Wildman–Crippen LogP) is 3.71. The molecule has 1 aliphatic heterocycles. The van der Waals surface area contributed by atoms with Crippen molar-refractivity contribution in [1.29, 1.82) is 0 Å². The molecular weight excluding hydrogens is 366 g/mol. The van der Waals surface area contributed by atoms with Crippen LogP contribution in [0.4, 0.5) is 17.5 Å². The van der Waals surface area contributed by atoms with E-state index in [1.165, 1.54) is 44.5 Å². The van der Waals surface area contributed by atoms with Crippen molar-refractivity contribution in [3.63, 3.8) is 0 Å². The van der Waals surface area contributed by atoms with E-state index >= 15 is 0 Å². The maximum atomic E-state index is 5.56. The molecule has 3 rings (SSSR count). The van der Waals surface area contributed by atoms with Crippen molar-refractivity contribution < 1.29 is 9.47 Å². The summed E-state index contributed by atoms with van der Waals surface area (Å²) in [7, 11) is 3.41. The molecule has 0 aliphatic carbocycles. The molecule has 0 bridgehead atoms. The summed E-state index contributed by atoms with van der Waals surface area (Å²) in [5.74, 6) is 2.28. The third-order valence-electron chi connectivity index (χ3n) is 5.17. The number of nitrogens with zero attached hydrogens (tertiary/aromatic N) is 3. The molecule has 0 saturated carbocycles. The Morgan fingerprint density at radius 1 is 1.10 bits per heavy atom. The van der Waals surface area contributed by atoms with E-state index < -0.39 is 0 Å². The molecule has 2 aromatic rings. The second-order valence-corrected chi connectivity index (χ2v) is 7.34. The van der Waals surface area contributed by atoms with E-state index in [1.54, 1.807) is 20.4 Å². The molecule has 1 fully saturated rings. The van der Waals surface area contributed by atoms with Gasteiger partial charge in [-0.15, -0.1) is 0 Å². The molecule has 0 spiro atoms. The molecule has 0 unspecified atom stereocenters. The lowest BCUT2D eigenvalue weighted by molar-refractivity contribution is 0.210. The second kappa shape index (κ2) is 11.6. The topological polar surface area (TPSA) is 71.5 Å². The number of hydrogen-bond acceptors (Lipinski definition) is 7. The predicted molar refractivity (Wildman–Crippen MR) is 117 cm³/mol. The molecule has 0 amide bonds. The van der Waals surface area contributed by atoms with E-state index in [0.717, 1.165) is 30.1 Å². The molecule has 2 N–H and O–H groups in total. The normalized spacial score (nSPS) is 14.1. The minimum absolute atomic E-state index is 0.567. The molecule has 1 aliphatic rings. The largest absolute Gasteiger partial charge is 0.496 e. The molecular formula is C22H33N5O2. The van der Waals surface area contributed by atoms with Crippen molar-refractivity contribution in [2.75, 3.05) is 57.6 Å². The Labute approximate surface area is 173 Å². The number of unbranched alkanes of at least 4 members (excludes halogenated alkanes) is 1. The second-order valence-electron chi connectivity index (χ2n) is 7.34. The van der Waals surface area contributed by atoms with Gasteiger partial charge in [0, 0.05) is 25.5 Å². The van der Waals surface area contributed by atoms with Crippen LogP contribution in [-0.2, 0) is 11.2 Å². The first-order valence-corrected chi connectivity index (χ1v) is 10.5. The maximum absolute atomic E-state index is 5.56. The van der Waals surface area contributed by atoms with Gasteiger partial charge in [0.1, 0.15) is 11.6 Å². The van der Waals surface area contributed by atoms with Crippen LogP contribution in [-0.4, -0.2) is 61.9 Å². The number of anilines is 3. The number of ether oxygens (including phenoxy) is 2. The smallest absolute Gasteiger partial charge is 0.229 e. The summed E-state index contributed by atoms with van der Waals surface area (Å²) in [5, 5.41) is 6.52. The van der Waals surface area contributed by atoms with Crippen LogP contribution >= 0.6 is 0 Å². The minimum Gasteiger partial charge on any atom is -0.496 e. The highest BCUT2D eigenvalue weighted by Gasteiger charge is 2.11. The zero-order valence-electron chi connectivity index (χ0n) is 17.6. The minimum atomic E-state index is 0.567. The summed E-state index contributed by atoms with van der Waals surface area (Å²) in [5.41, 5.74) is 2.18. The van der Waals surface area contributed by atoms with Crippen LogP contribution in [0.5, 0.6) is 5.75 Å². The number of nitrogens with one attached hydrogen (secondary N) is 2. The Morgan fingerprint density at radius 3 is 2.76 bits per heavy atom. The molecule has 1 saturated heterocycles. The standard InChI is InChI=1S/C22H33N5O2/c1-28-16-12-23-21-10-11-24-22(26-21)25-19-8-9-20(29-2)18(17-19)7-3-4-13-27-14-5-6-15-27/h8-11,17H,3-7,12-16H2,1-2H3,(H2,23,24,25,26). The maximum Gasteiger partial charge on any atom is 0.229 e. The lowest BCUT2D eigenvalue weighted by Crippen LogP contribution is -2.20. The molecule has 2 heterocycles. The van der Waals surface area contributed by atoms with Gasteiger partial charge in [0.05, 0.1) is 13.7 Å². The summed E-state index contributed by atoms with van der Waals surface area (Å²) >= 11 is 0. The highest BCUT2D eigenvalue weighted by molar-refractivity contribution is 5.58. The fraction of sp³-hybridized carbons (Fsp3) is 0.545. The van der Waals surface area contributed by atoms with Gasteiger partial charge in [-0.2, -0.15) is 4.98 Å². The Bertz CT molecular complexity index is 750. The van der Waals surface area contributed by atoms with Crippen molar-refractivity contribution >= 4 is 17.5 Å². The summed E-state index contributed by atoms with van der Waals surface area (Å²) in [6.45, 7) is 5.07. The van der Waals surface area contributed by atoms with E-state index in [1.807, 2.05) is 18.2 Å². The van der Waals surface area contributed by atoms with Gasteiger partial charge >= 0.3 is 0 Å². The Morgan fingerprint density at radius 2 is 1.97 bits per heavy atom. The highest BCUT2D eigenvalue weighted by Crippen LogP contribution is 2.26. The lowest BCUT2D eigenvalue weighted by atomic mass is 10.1. The highest BCUT2D eigenvalue weighted by atomic mass is 16.5. The van der Waals surface area contributed by atoms with Crippen LogP contribution < -0.4 is 15.4 Å². The zero-order valence-corrected chi connectivity index (χ0v) is 17.6. The Balaban J connectivity index is 1.56. The first-order chi connectivity index (χ1) is 14.3. The number of benzene rings is 1. The average Bonchev–Trinajstić information content (AvgIpc) is 3.25. The van der Waals surface area contributed by atoms with E-state index in [-0.39, 0.29) is 0 Å². The van der Waals surface area contributed by atoms with Crippen molar-refractivity contribution in [1.82, 2.24) is 14.9 Å². The molecule has 29 heavy (non-hydrogen) atoms. The number of methoxy groups -OCH3 is 2. The summed E-state index contributed by atoms with van der Waals surface area (Å²) in [4.78, 5) is 11.4. The summed E-state index contributed by atoms with van der Waals surface area (Å²) in [6.07, 6.45) is 7.84. The first kappa shape index (κ1) is 21.3. The van der Waals surface area contributed by atoms with Crippen LogP contribution in [0.15, 0.2) is 30.5 Å². The molecule has 1 aromatic carbocycles. The average molecular weight is 400 g/mol. The fourth-order valence-electron chi connectivity index (χ4n) is 3.64.